The molecule has 0 saturated heterocycles. The van der Waals surface area contributed by atoms with Gasteiger partial charge in [0.05, 0.1) is 20.8 Å². The Hall–Kier alpha value is -2.69. The Kier molecular flexibility index (Phi) is 5.25. The first kappa shape index (κ1) is 15.7. The van der Waals surface area contributed by atoms with Crippen molar-refractivity contribution in [1.82, 2.24) is 0 Å². The van der Waals surface area contributed by atoms with Crippen LogP contribution in [0.4, 0.5) is 5.69 Å². The Balaban J connectivity index is 2.16. The van der Waals surface area contributed by atoms with Gasteiger partial charge in [-0.3, -0.25) is 4.79 Å². The maximum absolute atomic E-state index is 12.3. The maximum Gasteiger partial charge on any atom is 0.255 e. The summed E-state index contributed by atoms with van der Waals surface area (Å²) in [4.78, 5) is 12.3. The topological polar surface area (TPSA) is 56.8 Å². The molecule has 2 aromatic rings. The fourth-order valence-corrected chi connectivity index (χ4v) is 2.01. The molecule has 1 N–H and O–H groups in total. The number of carbonyl (C=O) groups is 1. The highest BCUT2D eigenvalue weighted by molar-refractivity contribution is 6.04. The zero-order chi connectivity index (χ0) is 15.9. The van der Waals surface area contributed by atoms with Gasteiger partial charge in [0.1, 0.15) is 5.75 Å². The maximum atomic E-state index is 12.3. The zero-order valence-electron chi connectivity index (χ0n) is 12.9. The molecule has 0 saturated carbocycles. The molecular weight excluding hydrogens is 282 g/mol. The summed E-state index contributed by atoms with van der Waals surface area (Å²) < 4.78 is 15.8. The molecule has 5 heteroatoms. The molecule has 0 spiro atoms. The Morgan fingerprint density at radius 3 is 2.50 bits per heavy atom. The summed E-state index contributed by atoms with van der Waals surface area (Å²) in [6, 6.07) is 12.3. The van der Waals surface area contributed by atoms with Crippen LogP contribution < -0.4 is 19.5 Å². The molecule has 2 aromatic carbocycles. The summed E-state index contributed by atoms with van der Waals surface area (Å²) in [5, 5.41) is 2.82. The molecule has 22 heavy (non-hydrogen) atoms. The van der Waals surface area contributed by atoms with Crippen LogP contribution in [0.1, 0.15) is 17.3 Å². The molecule has 2 rings (SSSR count). The number of hydrogen-bond donors (Lipinski definition) is 1. The molecule has 0 bridgehead atoms. The summed E-state index contributed by atoms with van der Waals surface area (Å²) >= 11 is 0. The van der Waals surface area contributed by atoms with Gasteiger partial charge in [0.15, 0.2) is 11.5 Å². The number of nitrogens with one attached hydrogen (secondary N) is 1. The summed E-state index contributed by atoms with van der Waals surface area (Å²) in [7, 11) is 3.12. The smallest absolute Gasteiger partial charge is 0.255 e. The predicted molar refractivity (Wildman–Crippen MR) is 85.1 cm³/mol. The first-order valence-corrected chi connectivity index (χ1v) is 6.94. The first-order valence-electron chi connectivity index (χ1n) is 6.94. The van der Waals surface area contributed by atoms with E-state index in [4.69, 9.17) is 14.2 Å². The van der Waals surface area contributed by atoms with E-state index in [0.717, 1.165) is 0 Å². The van der Waals surface area contributed by atoms with Crippen molar-refractivity contribution in [2.45, 2.75) is 6.92 Å². The third-order valence-electron chi connectivity index (χ3n) is 3.05. The van der Waals surface area contributed by atoms with Crippen molar-refractivity contribution in [2.75, 3.05) is 26.1 Å². The van der Waals surface area contributed by atoms with E-state index in [9.17, 15) is 4.79 Å². The van der Waals surface area contributed by atoms with Crippen LogP contribution in [-0.4, -0.2) is 26.7 Å². The van der Waals surface area contributed by atoms with Gasteiger partial charge in [-0.05, 0) is 37.3 Å². The molecule has 116 valence electrons. The number of methoxy groups -OCH3 is 2. The molecule has 5 nitrogen and oxygen atoms in total. The van der Waals surface area contributed by atoms with Crippen molar-refractivity contribution >= 4 is 11.6 Å². The van der Waals surface area contributed by atoms with Crippen molar-refractivity contribution in [3.8, 4) is 17.2 Å². The van der Waals surface area contributed by atoms with Crippen LogP contribution in [0, 0.1) is 0 Å². The number of ether oxygens (including phenoxy) is 3. The first-order chi connectivity index (χ1) is 10.7. The zero-order valence-corrected chi connectivity index (χ0v) is 12.9. The molecule has 1 amide bonds. The number of amides is 1. The van der Waals surface area contributed by atoms with Crippen LogP contribution in [0.25, 0.3) is 0 Å². The Morgan fingerprint density at radius 2 is 1.82 bits per heavy atom. The lowest BCUT2D eigenvalue weighted by Crippen LogP contribution is -2.12. The van der Waals surface area contributed by atoms with Gasteiger partial charge in [-0.1, -0.05) is 6.07 Å². The quantitative estimate of drug-likeness (QED) is 0.889. The second-order valence-corrected chi connectivity index (χ2v) is 4.48. The standard InChI is InChI=1S/C17H19NO4/c1-4-22-14-7-5-6-12(10-14)17(19)18-13-8-9-15(20-2)16(11-13)21-3/h5-11H,4H2,1-3H3,(H,18,19). The number of anilines is 1. The summed E-state index contributed by atoms with van der Waals surface area (Å²) in [6.45, 7) is 2.46. The number of rotatable bonds is 6. The van der Waals surface area contributed by atoms with E-state index in [1.165, 1.54) is 0 Å². The van der Waals surface area contributed by atoms with Gasteiger partial charge in [-0.25, -0.2) is 0 Å². The van der Waals surface area contributed by atoms with Crippen LogP contribution in [-0.2, 0) is 0 Å². The van der Waals surface area contributed by atoms with Gasteiger partial charge >= 0.3 is 0 Å². The highest BCUT2D eigenvalue weighted by atomic mass is 16.5. The van der Waals surface area contributed by atoms with Gasteiger partial charge in [-0.2, -0.15) is 0 Å². The van der Waals surface area contributed by atoms with E-state index in [1.807, 2.05) is 13.0 Å². The molecule has 0 atom stereocenters. The minimum absolute atomic E-state index is 0.214. The number of benzene rings is 2. The fourth-order valence-electron chi connectivity index (χ4n) is 2.01. The lowest BCUT2D eigenvalue weighted by molar-refractivity contribution is 0.102. The van der Waals surface area contributed by atoms with Gasteiger partial charge in [-0.15, -0.1) is 0 Å². The number of carbonyl (C=O) groups excluding carboxylic acids is 1. The van der Waals surface area contributed by atoms with Crippen LogP contribution >= 0.6 is 0 Å². The molecular formula is C17H19NO4. The molecule has 0 aliphatic carbocycles. The molecule has 0 aromatic heterocycles. The second-order valence-electron chi connectivity index (χ2n) is 4.48. The lowest BCUT2D eigenvalue weighted by Gasteiger charge is -2.11. The monoisotopic (exact) mass is 301 g/mol. The van der Waals surface area contributed by atoms with E-state index in [2.05, 4.69) is 5.32 Å². The highest BCUT2D eigenvalue weighted by Gasteiger charge is 2.10. The van der Waals surface area contributed by atoms with E-state index < -0.39 is 0 Å². The van der Waals surface area contributed by atoms with Crippen molar-refractivity contribution in [3.63, 3.8) is 0 Å². The van der Waals surface area contributed by atoms with Crippen LogP contribution in [0.2, 0.25) is 0 Å². The SMILES string of the molecule is CCOc1cccc(C(=O)Nc2ccc(OC)c(OC)c2)c1. The average Bonchev–Trinajstić information content (AvgIpc) is 2.55. The van der Waals surface area contributed by atoms with Crippen LogP contribution in [0.15, 0.2) is 42.5 Å². The van der Waals surface area contributed by atoms with Crippen molar-refractivity contribution in [2.24, 2.45) is 0 Å². The van der Waals surface area contributed by atoms with E-state index in [0.29, 0.717) is 35.1 Å². The average molecular weight is 301 g/mol. The van der Waals surface area contributed by atoms with Crippen LogP contribution in [0.3, 0.4) is 0 Å². The van der Waals surface area contributed by atoms with Crippen molar-refractivity contribution < 1.29 is 19.0 Å². The third kappa shape index (κ3) is 3.69. The summed E-state index contributed by atoms with van der Waals surface area (Å²) in [6.07, 6.45) is 0. The van der Waals surface area contributed by atoms with Gasteiger partial charge in [0.2, 0.25) is 0 Å². The second kappa shape index (κ2) is 7.36. The Bertz CT molecular complexity index is 655. The van der Waals surface area contributed by atoms with Crippen molar-refractivity contribution in [1.29, 1.82) is 0 Å². The normalized spacial score (nSPS) is 9.95. The van der Waals surface area contributed by atoms with E-state index >= 15 is 0 Å². The predicted octanol–water partition coefficient (Wildman–Crippen LogP) is 3.35. The molecule has 0 aliphatic rings. The molecule has 0 aliphatic heterocycles. The molecule has 0 unspecified atom stereocenters. The third-order valence-corrected chi connectivity index (χ3v) is 3.05. The minimum atomic E-state index is -0.214. The minimum Gasteiger partial charge on any atom is -0.494 e. The van der Waals surface area contributed by atoms with Crippen LogP contribution in [0.5, 0.6) is 17.2 Å². The van der Waals surface area contributed by atoms with E-state index in [1.54, 1.807) is 50.6 Å². The number of hydrogen-bond acceptors (Lipinski definition) is 4. The molecule has 0 fully saturated rings. The van der Waals surface area contributed by atoms with Gasteiger partial charge < -0.3 is 19.5 Å². The Morgan fingerprint density at radius 1 is 1.05 bits per heavy atom. The van der Waals surface area contributed by atoms with E-state index in [-0.39, 0.29) is 5.91 Å². The Labute approximate surface area is 129 Å². The fraction of sp³-hybridized carbons (Fsp3) is 0.235. The van der Waals surface area contributed by atoms with Crippen molar-refractivity contribution in [3.05, 3.63) is 48.0 Å². The highest BCUT2D eigenvalue weighted by Crippen LogP contribution is 2.30. The van der Waals surface area contributed by atoms with Gasteiger partial charge in [0, 0.05) is 17.3 Å². The summed E-state index contributed by atoms with van der Waals surface area (Å²) in [5.74, 6) is 1.62. The largest absolute Gasteiger partial charge is 0.494 e. The van der Waals surface area contributed by atoms with Gasteiger partial charge in [0.25, 0.3) is 5.91 Å². The lowest BCUT2D eigenvalue weighted by atomic mass is 10.2. The summed E-state index contributed by atoms with van der Waals surface area (Å²) in [5.41, 5.74) is 1.16. The molecule has 0 heterocycles. The molecule has 0 radical (unpaired) electrons.